The first-order valence-corrected chi connectivity index (χ1v) is 9.11. The van der Waals surface area contributed by atoms with Crippen LogP contribution < -0.4 is 5.43 Å². The predicted octanol–water partition coefficient (Wildman–Crippen LogP) is 2.84. The van der Waals surface area contributed by atoms with E-state index in [2.05, 4.69) is 5.16 Å². The van der Waals surface area contributed by atoms with E-state index in [0.717, 1.165) is 28.2 Å². The zero-order valence-corrected chi connectivity index (χ0v) is 15.7. The number of hydrogen-bond acceptors (Lipinski definition) is 4. The third-order valence-electron chi connectivity index (χ3n) is 5.14. The van der Waals surface area contributed by atoms with Crippen LogP contribution in [0.15, 0.2) is 45.7 Å². The van der Waals surface area contributed by atoms with Crippen molar-refractivity contribution in [2.75, 3.05) is 6.54 Å². The van der Waals surface area contributed by atoms with Gasteiger partial charge in [0.05, 0.1) is 12.2 Å². The quantitative estimate of drug-likeness (QED) is 0.700. The van der Waals surface area contributed by atoms with Gasteiger partial charge < -0.3 is 14.0 Å². The lowest BCUT2D eigenvalue weighted by molar-refractivity contribution is -0.132. The fourth-order valence-electron chi connectivity index (χ4n) is 3.63. The van der Waals surface area contributed by atoms with Crippen LogP contribution in [0.3, 0.4) is 0 Å². The van der Waals surface area contributed by atoms with Crippen LogP contribution >= 0.6 is 0 Å². The van der Waals surface area contributed by atoms with Crippen molar-refractivity contribution in [2.45, 2.75) is 33.4 Å². The van der Waals surface area contributed by atoms with Gasteiger partial charge in [-0.2, -0.15) is 0 Å². The molecule has 1 aromatic carbocycles. The number of benzene rings is 1. The molecule has 0 fully saturated rings. The van der Waals surface area contributed by atoms with E-state index in [1.165, 1.54) is 24.3 Å². The van der Waals surface area contributed by atoms with Gasteiger partial charge in [-0.15, -0.1) is 0 Å². The van der Waals surface area contributed by atoms with Gasteiger partial charge in [0.15, 0.2) is 11.2 Å². The van der Waals surface area contributed by atoms with Crippen LogP contribution in [0.25, 0.3) is 11.3 Å². The molecular weight excluding hydrogens is 361 g/mol. The van der Waals surface area contributed by atoms with Gasteiger partial charge in [0, 0.05) is 47.6 Å². The van der Waals surface area contributed by atoms with Gasteiger partial charge in [-0.1, -0.05) is 5.16 Å². The van der Waals surface area contributed by atoms with Gasteiger partial charge >= 0.3 is 0 Å². The molecule has 2 aromatic heterocycles. The molecule has 4 rings (SSSR count). The van der Waals surface area contributed by atoms with Crippen molar-refractivity contribution >= 4 is 5.91 Å². The Morgan fingerprint density at radius 1 is 1.18 bits per heavy atom. The molecule has 0 saturated carbocycles. The van der Waals surface area contributed by atoms with Crippen molar-refractivity contribution in [3.63, 3.8) is 0 Å². The lowest BCUT2D eigenvalue weighted by atomic mass is 10.0. The van der Waals surface area contributed by atoms with Gasteiger partial charge in [0.25, 0.3) is 0 Å². The fourth-order valence-corrected chi connectivity index (χ4v) is 3.63. The molecule has 28 heavy (non-hydrogen) atoms. The molecule has 3 aromatic rings. The van der Waals surface area contributed by atoms with E-state index in [9.17, 15) is 14.0 Å². The normalized spacial score (nSPS) is 13.5. The third-order valence-corrected chi connectivity index (χ3v) is 5.14. The first kappa shape index (κ1) is 18.2. The van der Waals surface area contributed by atoms with Gasteiger partial charge in [-0.3, -0.25) is 9.59 Å². The SMILES string of the molecule is Cc1cc(=O)cc(C)n1CC(=O)N1CCc2noc(-c3ccc(F)cc3)c2C1. The number of rotatable bonds is 3. The van der Waals surface area contributed by atoms with Gasteiger partial charge in [0.2, 0.25) is 5.91 Å². The van der Waals surface area contributed by atoms with E-state index in [0.29, 0.717) is 25.3 Å². The molecule has 0 N–H and O–H groups in total. The standard InChI is InChI=1S/C21H20FN3O3/c1-13-9-17(26)10-14(2)25(13)12-20(27)24-8-7-19-18(11-24)21(28-23-19)15-3-5-16(22)6-4-15/h3-6,9-10H,7-8,11-12H2,1-2H3. The second-order valence-electron chi connectivity index (χ2n) is 7.07. The van der Waals surface area contributed by atoms with Gasteiger partial charge in [0.1, 0.15) is 12.4 Å². The summed E-state index contributed by atoms with van der Waals surface area (Å²) in [5, 5.41) is 4.12. The summed E-state index contributed by atoms with van der Waals surface area (Å²) in [6.45, 7) is 4.76. The lowest BCUT2D eigenvalue weighted by Gasteiger charge is -2.27. The smallest absolute Gasteiger partial charge is 0.242 e. The lowest BCUT2D eigenvalue weighted by Crippen LogP contribution is -2.38. The van der Waals surface area contributed by atoms with Gasteiger partial charge in [-0.25, -0.2) is 4.39 Å². The van der Waals surface area contributed by atoms with Gasteiger partial charge in [-0.05, 0) is 38.1 Å². The highest BCUT2D eigenvalue weighted by Gasteiger charge is 2.27. The minimum absolute atomic E-state index is 0.0354. The highest BCUT2D eigenvalue weighted by molar-refractivity contribution is 5.77. The second kappa shape index (κ2) is 7.07. The molecule has 0 unspecified atom stereocenters. The minimum Gasteiger partial charge on any atom is -0.356 e. The molecule has 0 aliphatic carbocycles. The molecule has 1 aliphatic heterocycles. The van der Waals surface area contributed by atoms with Crippen LogP contribution in [-0.4, -0.2) is 27.1 Å². The number of fused-ring (bicyclic) bond motifs is 1. The van der Waals surface area contributed by atoms with Crippen LogP contribution in [0.5, 0.6) is 0 Å². The number of hydrogen-bond donors (Lipinski definition) is 0. The van der Waals surface area contributed by atoms with E-state index in [1.54, 1.807) is 17.0 Å². The number of aromatic nitrogens is 2. The number of aryl methyl sites for hydroxylation is 2. The number of carbonyl (C=O) groups excluding carboxylic acids is 1. The predicted molar refractivity (Wildman–Crippen MR) is 101 cm³/mol. The highest BCUT2D eigenvalue weighted by atomic mass is 19.1. The zero-order chi connectivity index (χ0) is 19.8. The molecule has 1 aliphatic rings. The molecule has 0 saturated heterocycles. The van der Waals surface area contributed by atoms with E-state index in [-0.39, 0.29) is 23.7 Å². The fraction of sp³-hybridized carbons (Fsp3) is 0.286. The summed E-state index contributed by atoms with van der Waals surface area (Å²) in [6, 6.07) is 9.09. The van der Waals surface area contributed by atoms with Crippen LogP contribution in [0.4, 0.5) is 4.39 Å². The van der Waals surface area contributed by atoms with Crippen molar-refractivity contribution < 1.29 is 13.7 Å². The topological polar surface area (TPSA) is 68.3 Å². The molecule has 144 valence electrons. The van der Waals surface area contributed by atoms with Crippen molar-refractivity contribution in [2.24, 2.45) is 0 Å². The molecular formula is C21H20FN3O3. The Hall–Kier alpha value is -3.22. The first-order chi connectivity index (χ1) is 13.4. The summed E-state index contributed by atoms with van der Waals surface area (Å²) in [6.07, 6.45) is 0.605. The maximum absolute atomic E-state index is 13.2. The minimum atomic E-state index is -0.319. The highest BCUT2D eigenvalue weighted by Crippen LogP contribution is 2.30. The second-order valence-corrected chi connectivity index (χ2v) is 7.07. The van der Waals surface area contributed by atoms with Crippen molar-refractivity contribution in [3.8, 4) is 11.3 Å². The Balaban J connectivity index is 1.57. The number of pyridine rings is 1. The summed E-state index contributed by atoms with van der Waals surface area (Å²) in [4.78, 5) is 26.3. The average molecular weight is 381 g/mol. The Morgan fingerprint density at radius 2 is 1.86 bits per heavy atom. The maximum atomic E-state index is 13.2. The molecule has 3 heterocycles. The number of carbonyl (C=O) groups is 1. The Bertz CT molecular complexity index is 1070. The number of amides is 1. The van der Waals surface area contributed by atoms with Crippen LogP contribution in [-0.2, 0) is 24.3 Å². The average Bonchev–Trinajstić information content (AvgIpc) is 3.08. The van der Waals surface area contributed by atoms with E-state index in [4.69, 9.17) is 4.52 Å². The monoisotopic (exact) mass is 381 g/mol. The van der Waals surface area contributed by atoms with Crippen LogP contribution in [0, 0.1) is 19.7 Å². The largest absolute Gasteiger partial charge is 0.356 e. The molecule has 0 bridgehead atoms. The number of halogens is 1. The zero-order valence-electron chi connectivity index (χ0n) is 15.7. The maximum Gasteiger partial charge on any atom is 0.242 e. The Kier molecular flexibility index (Phi) is 4.58. The van der Waals surface area contributed by atoms with Crippen molar-refractivity contribution in [1.29, 1.82) is 0 Å². The summed E-state index contributed by atoms with van der Waals surface area (Å²) in [5.41, 5.74) is 3.88. The van der Waals surface area contributed by atoms with E-state index >= 15 is 0 Å². The summed E-state index contributed by atoms with van der Waals surface area (Å²) >= 11 is 0. The van der Waals surface area contributed by atoms with Crippen molar-refractivity contribution in [1.82, 2.24) is 14.6 Å². The molecule has 0 spiro atoms. The molecule has 6 nitrogen and oxygen atoms in total. The molecule has 7 heteroatoms. The molecule has 0 radical (unpaired) electrons. The molecule has 1 amide bonds. The van der Waals surface area contributed by atoms with E-state index < -0.39 is 0 Å². The van der Waals surface area contributed by atoms with Crippen LogP contribution in [0.2, 0.25) is 0 Å². The van der Waals surface area contributed by atoms with E-state index in [1.807, 2.05) is 18.4 Å². The summed E-state index contributed by atoms with van der Waals surface area (Å²) < 4.78 is 20.5. The number of nitrogens with zero attached hydrogens (tertiary/aromatic N) is 3. The van der Waals surface area contributed by atoms with Crippen molar-refractivity contribution in [3.05, 3.63) is 75.1 Å². The Morgan fingerprint density at radius 3 is 2.54 bits per heavy atom. The summed E-state index contributed by atoms with van der Waals surface area (Å²) in [7, 11) is 0. The Labute approximate surface area is 161 Å². The molecule has 0 atom stereocenters. The summed E-state index contributed by atoms with van der Waals surface area (Å²) in [5.74, 6) is 0.218. The van der Waals surface area contributed by atoms with Crippen LogP contribution in [0.1, 0.15) is 22.6 Å². The third kappa shape index (κ3) is 3.35. The first-order valence-electron chi connectivity index (χ1n) is 9.11.